The smallest absolute Gasteiger partial charge is 0.460 e. The molecule has 14 heteroatoms. The summed E-state index contributed by atoms with van der Waals surface area (Å²) in [5, 5.41) is 0. The van der Waals surface area contributed by atoms with E-state index in [9.17, 15) is 53.1 Å². The molecule has 0 spiro atoms. The fourth-order valence-corrected chi connectivity index (χ4v) is 1.33. The Kier molecular flexibility index (Phi) is 7.33. The van der Waals surface area contributed by atoms with Crippen molar-refractivity contribution in [2.24, 2.45) is 0 Å². The lowest BCUT2D eigenvalue weighted by Gasteiger charge is -2.36. The van der Waals surface area contributed by atoms with E-state index in [0.29, 0.717) is 0 Å². The maximum Gasteiger partial charge on any atom is 0.460 e. The van der Waals surface area contributed by atoms with Crippen molar-refractivity contribution in [3.63, 3.8) is 0 Å². The van der Waals surface area contributed by atoms with Gasteiger partial charge in [-0.2, -0.15) is 48.3 Å². The number of rotatable bonds is 10. The van der Waals surface area contributed by atoms with E-state index in [2.05, 4.69) is 16.1 Å². The second kappa shape index (κ2) is 7.86. The molecule has 0 N–H and O–H groups in total. The summed E-state index contributed by atoms with van der Waals surface area (Å²) in [6, 6.07) is 0. The van der Waals surface area contributed by atoms with E-state index in [1.165, 1.54) is 0 Å². The second-order valence-electron chi connectivity index (χ2n) is 4.68. The van der Waals surface area contributed by atoms with E-state index in [-0.39, 0.29) is 19.4 Å². The van der Waals surface area contributed by atoms with Gasteiger partial charge in [0.2, 0.25) is 0 Å². The molecule has 0 saturated heterocycles. The van der Waals surface area contributed by atoms with Crippen molar-refractivity contribution in [1.29, 1.82) is 0 Å². The van der Waals surface area contributed by atoms with E-state index < -0.39 is 42.4 Å². The third-order valence-electron chi connectivity index (χ3n) is 2.80. The lowest BCUT2D eigenvalue weighted by Crippen LogP contribution is -2.68. The Morgan fingerprint density at radius 3 is 1.65 bits per heavy atom. The molecule has 0 rings (SSSR count). The van der Waals surface area contributed by atoms with Gasteiger partial charge in [-0.3, -0.25) is 0 Å². The third-order valence-corrected chi connectivity index (χ3v) is 2.80. The fourth-order valence-electron chi connectivity index (χ4n) is 1.33. The van der Waals surface area contributed by atoms with Gasteiger partial charge in [0.15, 0.2) is 0 Å². The van der Waals surface area contributed by atoms with Gasteiger partial charge in [-0.25, -0.2) is 4.79 Å². The van der Waals surface area contributed by atoms with Crippen LogP contribution in [0.25, 0.3) is 0 Å². The van der Waals surface area contributed by atoms with Crippen molar-refractivity contribution >= 4 is 5.97 Å². The van der Waals surface area contributed by atoms with Gasteiger partial charge in [0, 0.05) is 0 Å². The molecule has 0 amide bonds. The largest absolute Gasteiger partial charge is 0.502 e. The lowest BCUT2D eigenvalue weighted by atomic mass is 9.98. The molecule has 0 atom stereocenters. The molecular weight excluding hydrogens is 401 g/mol. The predicted octanol–water partition coefficient (Wildman–Crippen LogP) is 4.57. The highest BCUT2D eigenvalue weighted by Crippen LogP contribution is 2.57. The Hall–Kier alpha value is -1.76. The fraction of sp³-hybridized carbons (Fsp3) is 0.750. The van der Waals surface area contributed by atoms with E-state index in [1.54, 1.807) is 0 Å². The average Bonchev–Trinajstić information content (AvgIpc) is 2.48. The van der Waals surface area contributed by atoms with E-state index in [1.807, 2.05) is 0 Å². The van der Waals surface area contributed by atoms with Gasteiger partial charge in [0.1, 0.15) is 0 Å². The van der Waals surface area contributed by atoms with Gasteiger partial charge >= 0.3 is 35.8 Å². The molecule has 0 heterocycles. The lowest BCUT2D eigenvalue weighted by molar-refractivity contribution is -0.418. The Morgan fingerprint density at radius 1 is 0.769 bits per heavy atom. The van der Waals surface area contributed by atoms with Crippen molar-refractivity contribution in [2.75, 3.05) is 13.2 Å². The molecule has 3 nitrogen and oxygen atoms in total. The van der Waals surface area contributed by atoms with Crippen LogP contribution in [0.4, 0.5) is 48.3 Å². The molecule has 0 aliphatic rings. The summed E-state index contributed by atoms with van der Waals surface area (Å²) in [7, 11) is 0. The molecule has 26 heavy (non-hydrogen) atoms. The Bertz CT molecular complexity index is 499. The molecule has 0 aliphatic carbocycles. The normalized spacial score (nSPS) is 14.1. The minimum absolute atomic E-state index is 0.00354. The standard InChI is InChI=1S/C12H11F11O3/c1-2-25-5-3-4-6-26-7(24)8(13,14)9(15,16)10(17,18)11(19,20)12(21,22)23/h2H,1,3-6H2. The second-order valence-corrected chi connectivity index (χ2v) is 4.68. The third kappa shape index (κ3) is 4.31. The number of halogens is 11. The van der Waals surface area contributed by atoms with Crippen LogP contribution in [0, 0.1) is 0 Å². The highest BCUT2D eigenvalue weighted by atomic mass is 19.4. The summed E-state index contributed by atoms with van der Waals surface area (Å²) in [5.41, 5.74) is 0. The van der Waals surface area contributed by atoms with Gasteiger partial charge in [-0.05, 0) is 12.8 Å². The maximum absolute atomic E-state index is 13.2. The van der Waals surface area contributed by atoms with Gasteiger partial charge in [-0.15, -0.1) is 0 Å². The molecule has 0 fully saturated rings. The summed E-state index contributed by atoms with van der Waals surface area (Å²) in [6.45, 7) is 2.02. The molecule has 0 unspecified atom stereocenters. The zero-order valence-corrected chi connectivity index (χ0v) is 12.5. The van der Waals surface area contributed by atoms with Crippen molar-refractivity contribution in [2.45, 2.75) is 42.7 Å². The Balaban J connectivity index is 5.29. The van der Waals surface area contributed by atoms with Gasteiger partial charge < -0.3 is 9.47 Å². The highest BCUT2D eigenvalue weighted by Gasteiger charge is 2.88. The zero-order valence-electron chi connectivity index (χ0n) is 12.5. The molecule has 0 radical (unpaired) electrons. The van der Waals surface area contributed by atoms with Crippen LogP contribution >= 0.6 is 0 Å². The van der Waals surface area contributed by atoms with Crippen molar-refractivity contribution in [1.82, 2.24) is 0 Å². The molecule has 0 bridgehead atoms. The quantitative estimate of drug-likeness (QED) is 0.228. The number of hydrogen-bond acceptors (Lipinski definition) is 3. The summed E-state index contributed by atoms with van der Waals surface area (Å²) >= 11 is 0. The molecule has 0 aromatic carbocycles. The molecule has 0 saturated carbocycles. The summed E-state index contributed by atoms with van der Waals surface area (Å²) in [5.74, 6) is -32.6. The number of unbranched alkanes of at least 4 members (excludes halogenated alkanes) is 1. The topological polar surface area (TPSA) is 35.5 Å². The van der Waals surface area contributed by atoms with Crippen LogP contribution in [0.5, 0.6) is 0 Å². The first kappa shape index (κ1) is 24.2. The van der Waals surface area contributed by atoms with Crippen LogP contribution in [0.3, 0.4) is 0 Å². The predicted molar refractivity (Wildman–Crippen MR) is 62.2 cm³/mol. The number of alkyl halides is 11. The average molecular weight is 412 g/mol. The number of carbonyl (C=O) groups excluding carboxylic acids is 1. The number of esters is 1. The first-order chi connectivity index (χ1) is 11.5. The van der Waals surface area contributed by atoms with E-state index in [4.69, 9.17) is 0 Å². The van der Waals surface area contributed by atoms with Gasteiger partial charge in [-0.1, -0.05) is 6.58 Å². The Morgan fingerprint density at radius 2 is 1.23 bits per heavy atom. The summed E-state index contributed by atoms with van der Waals surface area (Å²) in [6.07, 6.45) is -6.60. The zero-order chi connectivity index (χ0) is 21.0. The highest BCUT2D eigenvalue weighted by molar-refractivity contribution is 5.79. The molecular formula is C12H11F11O3. The summed E-state index contributed by atoms with van der Waals surface area (Å²) < 4.78 is 147. The van der Waals surface area contributed by atoms with Crippen molar-refractivity contribution < 1.29 is 62.6 Å². The van der Waals surface area contributed by atoms with Crippen LogP contribution in [0.2, 0.25) is 0 Å². The molecule has 0 aromatic heterocycles. The van der Waals surface area contributed by atoms with Crippen LogP contribution in [-0.4, -0.2) is 49.0 Å². The van der Waals surface area contributed by atoms with Crippen LogP contribution < -0.4 is 0 Å². The van der Waals surface area contributed by atoms with Crippen LogP contribution in [0.15, 0.2) is 12.8 Å². The Labute approximate surface area is 138 Å². The molecule has 154 valence electrons. The minimum atomic E-state index is -7.64. The van der Waals surface area contributed by atoms with Crippen molar-refractivity contribution in [3.8, 4) is 0 Å². The first-order valence-electron chi connectivity index (χ1n) is 6.46. The first-order valence-corrected chi connectivity index (χ1v) is 6.46. The van der Waals surface area contributed by atoms with E-state index >= 15 is 0 Å². The molecule has 0 aromatic rings. The van der Waals surface area contributed by atoms with E-state index in [0.717, 1.165) is 6.26 Å². The SMILES string of the molecule is C=COCCCCOC(=O)C(F)(F)C(F)(F)C(F)(F)C(F)(F)C(F)(F)F. The van der Waals surface area contributed by atoms with Crippen molar-refractivity contribution in [3.05, 3.63) is 12.8 Å². The number of ether oxygens (including phenoxy) is 2. The maximum atomic E-state index is 13.2. The number of hydrogen-bond donors (Lipinski definition) is 0. The molecule has 0 aliphatic heterocycles. The number of carbonyl (C=O) groups is 1. The van der Waals surface area contributed by atoms with Crippen LogP contribution in [0.1, 0.15) is 12.8 Å². The summed E-state index contributed by atoms with van der Waals surface area (Å²) in [4.78, 5) is 10.9. The minimum Gasteiger partial charge on any atom is -0.502 e. The monoisotopic (exact) mass is 412 g/mol. The van der Waals surface area contributed by atoms with Gasteiger partial charge in [0.25, 0.3) is 0 Å². The van der Waals surface area contributed by atoms with Gasteiger partial charge in [0.05, 0.1) is 19.5 Å². The van der Waals surface area contributed by atoms with Crippen LogP contribution in [-0.2, 0) is 14.3 Å².